The molecular formula is C23H17ClN2O2S. The van der Waals surface area contributed by atoms with Crippen LogP contribution in [0.4, 0.5) is 11.4 Å². The van der Waals surface area contributed by atoms with Crippen molar-refractivity contribution >= 4 is 46.6 Å². The number of benzene rings is 3. The van der Waals surface area contributed by atoms with Crippen molar-refractivity contribution in [3.8, 4) is 0 Å². The van der Waals surface area contributed by atoms with Crippen molar-refractivity contribution in [3.05, 3.63) is 95.0 Å². The van der Waals surface area contributed by atoms with Crippen LogP contribution in [-0.4, -0.2) is 17.6 Å². The molecule has 5 rings (SSSR count). The maximum Gasteiger partial charge on any atom is 0.269 e. The van der Waals surface area contributed by atoms with Crippen molar-refractivity contribution in [2.45, 2.75) is 11.4 Å². The van der Waals surface area contributed by atoms with Gasteiger partial charge in [-0.25, -0.2) is 0 Å². The molecule has 0 unspecified atom stereocenters. The van der Waals surface area contributed by atoms with Crippen molar-refractivity contribution in [1.29, 1.82) is 0 Å². The highest BCUT2D eigenvalue weighted by molar-refractivity contribution is 8.02. The molecule has 0 bridgehead atoms. The van der Waals surface area contributed by atoms with Crippen molar-refractivity contribution in [1.82, 2.24) is 0 Å². The van der Waals surface area contributed by atoms with Crippen LogP contribution in [0.15, 0.2) is 78.9 Å². The second kappa shape index (κ2) is 6.94. The summed E-state index contributed by atoms with van der Waals surface area (Å²) in [6.07, 6.45) is 0. The Morgan fingerprint density at radius 2 is 1.59 bits per heavy atom. The molecule has 2 heterocycles. The first kappa shape index (κ1) is 18.3. The fraction of sp³-hybridized carbons (Fsp3) is 0.130. The number of carbonyl (C=O) groups is 2. The first-order valence-electron chi connectivity index (χ1n) is 9.29. The van der Waals surface area contributed by atoms with Gasteiger partial charge in [-0.15, -0.1) is 11.8 Å². The minimum Gasteiger partial charge on any atom is -0.304 e. The van der Waals surface area contributed by atoms with Crippen molar-refractivity contribution < 1.29 is 9.59 Å². The van der Waals surface area contributed by atoms with Crippen LogP contribution in [-0.2, 0) is 21.0 Å². The Morgan fingerprint density at radius 3 is 2.34 bits per heavy atom. The maximum absolute atomic E-state index is 13.9. The Kier molecular flexibility index (Phi) is 4.37. The van der Waals surface area contributed by atoms with E-state index in [1.807, 2.05) is 78.9 Å². The fourth-order valence-corrected chi connectivity index (χ4v) is 5.55. The number of halogens is 1. The van der Waals surface area contributed by atoms with Gasteiger partial charge in [-0.3, -0.25) is 14.5 Å². The van der Waals surface area contributed by atoms with Gasteiger partial charge in [0.15, 0.2) is 0 Å². The van der Waals surface area contributed by atoms with Gasteiger partial charge in [-0.1, -0.05) is 60.1 Å². The molecule has 2 aliphatic rings. The van der Waals surface area contributed by atoms with Crippen LogP contribution < -0.4 is 9.80 Å². The molecule has 0 radical (unpaired) electrons. The summed E-state index contributed by atoms with van der Waals surface area (Å²) in [7, 11) is 0. The monoisotopic (exact) mass is 420 g/mol. The molecule has 1 atom stereocenters. The summed E-state index contributed by atoms with van der Waals surface area (Å²) in [5.41, 5.74) is 3.42. The Hall–Kier alpha value is -2.76. The summed E-state index contributed by atoms with van der Waals surface area (Å²) in [5, 5.41) is 0.658. The highest BCUT2D eigenvalue weighted by Crippen LogP contribution is 2.55. The third-order valence-corrected chi connectivity index (χ3v) is 6.97. The number of fused-ring (bicyclic) bond motifs is 2. The average molecular weight is 421 g/mol. The lowest BCUT2D eigenvalue weighted by atomic mass is 10.0. The van der Waals surface area contributed by atoms with E-state index < -0.39 is 4.87 Å². The second-order valence-electron chi connectivity index (χ2n) is 7.03. The van der Waals surface area contributed by atoms with E-state index in [2.05, 4.69) is 0 Å². The molecule has 1 fully saturated rings. The van der Waals surface area contributed by atoms with Gasteiger partial charge in [0.05, 0.1) is 18.0 Å². The third kappa shape index (κ3) is 2.76. The molecule has 144 valence electrons. The topological polar surface area (TPSA) is 40.6 Å². The summed E-state index contributed by atoms with van der Waals surface area (Å²) >= 11 is 7.41. The third-order valence-electron chi connectivity index (χ3n) is 5.33. The molecule has 6 heteroatoms. The highest BCUT2D eigenvalue weighted by atomic mass is 35.5. The van der Waals surface area contributed by atoms with Crippen LogP contribution >= 0.6 is 23.4 Å². The molecule has 3 aromatic carbocycles. The number of amides is 2. The van der Waals surface area contributed by atoms with Crippen molar-refractivity contribution in [2.75, 3.05) is 15.6 Å². The Labute approximate surface area is 178 Å². The number of para-hydroxylation sites is 2. The van der Waals surface area contributed by atoms with Crippen LogP contribution in [0.3, 0.4) is 0 Å². The molecule has 29 heavy (non-hydrogen) atoms. The molecule has 0 saturated carbocycles. The van der Waals surface area contributed by atoms with E-state index in [1.54, 1.807) is 9.80 Å². The zero-order valence-corrected chi connectivity index (χ0v) is 17.0. The lowest BCUT2D eigenvalue weighted by Gasteiger charge is -2.33. The predicted molar refractivity (Wildman–Crippen MR) is 117 cm³/mol. The van der Waals surface area contributed by atoms with Gasteiger partial charge in [0.25, 0.3) is 5.91 Å². The molecule has 1 saturated heterocycles. The molecule has 1 spiro atoms. The van der Waals surface area contributed by atoms with Gasteiger partial charge in [0, 0.05) is 16.3 Å². The maximum atomic E-state index is 13.9. The zero-order chi connectivity index (χ0) is 20.0. The molecule has 2 aliphatic heterocycles. The number of carbonyl (C=O) groups excluding carboxylic acids is 2. The molecule has 2 amide bonds. The minimum atomic E-state index is -1.07. The van der Waals surface area contributed by atoms with E-state index in [1.165, 1.54) is 11.8 Å². The number of hydrogen-bond donors (Lipinski definition) is 0. The smallest absolute Gasteiger partial charge is 0.269 e. The van der Waals surface area contributed by atoms with Crippen molar-refractivity contribution in [3.63, 3.8) is 0 Å². The largest absolute Gasteiger partial charge is 0.304 e. The summed E-state index contributed by atoms with van der Waals surface area (Å²) in [6.45, 7) is 0.423. The second-order valence-corrected chi connectivity index (χ2v) is 8.64. The molecule has 0 aromatic heterocycles. The summed E-state index contributed by atoms with van der Waals surface area (Å²) in [5.74, 6) is 0.120. The van der Waals surface area contributed by atoms with E-state index in [-0.39, 0.29) is 17.6 Å². The van der Waals surface area contributed by atoms with Crippen LogP contribution in [0, 0.1) is 0 Å². The molecule has 4 nitrogen and oxygen atoms in total. The van der Waals surface area contributed by atoms with Gasteiger partial charge >= 0.3 is 0 Å². The predicted octanol–water partition coefficient (Wildman–Crippen LogP) is 4.82. The van der Waals surface area contributed by atoms with Crippen molar-refractivity contribution in [2.24, 2.45) is 0 Å². The van der Waals surface area contributed by atoms with Gasteiger partial charge in [-0.05, 0) is 35.9 Å². The Balaban J connectivity index is 1.63. The van der Waals surface area contributed by atoms with E-state index in [4.69, 9.17) is 11.6 Å². The van der Waals surface area contributed by atoms with E-state index >= 15 is 0 Å². The normalized spacial score (nSPS) is 20.6. The Morgan fingerprint density at radius 1 is 0.897 bits per heavy atom. The van der Waals surface area contributed by atoms with Gasteiger partial charge in [0.1, 0.15) is 0 Å². The first-order chi connectivity index (χ1) is 14.1. The quantitative estimate of drug-likeness (QED) is 0.610. The molecule has 3 aromatic rings. The number of nitrogens with zero attached hydrogens (tertiary/aromatic N) is 2. The number of hydrogen-bond acceptors (Lipinski definition) is 3. The standard InChI is InChI=1S/C23H17ClN2O2S/c24-17-12-10-16(11-13-17)14-25-20-9-5-4-8-19(20)23(22(25)28)26(21(27)15-29-23)18-6-2-1-3-7-18/h1-13H,14-15H2/t23-/m0/s1. The highest BCUT2D eigenvalue weighted by Gasteiger charge is 2.60. The average Bonchev–Trinajstić information content (AvgIpc) is 3.21. The lowest BCUT2D eigenvalue weighted by Crippen LogP contribution is -2.49. The van der Waals surface area contributed by atoms with Crippen LogP contribution in [0.2, 0.25) is 5.02 Å². The molecule has 0 N–H and O–H groups in total. The van der Waals surface area contributed by atoms with Gasteiger partial charge in [-0.2, -0.15) is 0 Å². The number of rotatable bonds is 3. The first-order valence-corrected chi connectivity index (χ1v) is 10.7. The van der Waals surface area contributed by atoms with E-state index in [9.17, 15) is 9.59 Å². The van der Waals surface area contributed by atoms with Gasteiger partial charge in [0.2, 0.25) is 10.8 Å². The van der Waals surface area contributed by atoms with Gasteiger partial charge < -0.3 is 4.90 Å². The number of thioether (sulfide) groups is 1. The fourth-order valence-electron chi connectivity index (χ4n) is 4.06. The van der Waals surface area contributed by atoms with Crippen LogP contribution in [0.5, 0.6) is 0 Å². The summed E-state index contributed by atoms with van der Waals surface area (Å²) in [6, 6.07) is 24.7. The minimum absolute atomic E-state index is 0.0577. The summed E-state index contributed by atoms with van der Waals surface area (Å²) in [4.78, 5) is 29.2. The SMILES string of the molecule is O=C1CS[C@@]2(C(=O)N(Cc3ccc(Cl)cc3)c3ccccc32)N1c1ccccc1. The lowest BCUT2D eigenvalue weighted by molar-refractivity contribution is -0.123. The Bertz CT molecular complexity index is 1100. The molecule has 0 aliphatic carbocycles. The van der Waals surface area contributed by atoms with E-state index in [0.717, 1.165) is 22.5 Å². The number of anilines is 2. The summed E-state index contributed by atoms with van der Waals surface area (Å²) < 4.78 is 0. The zero-order valence-electron chi connectivity index (χ0n) is 15.4. The van der Waals surface area contributed by atoms with Crippen LogP contribution in [0.25, 0.3) is 0 Å². The molecular weight excluding hydrogens is 404 g/mol. The van der Waals surface area contributed by atoms with E-state index in [0.29, 0.717) is 11.6 Å². The van der Waals surface area contributed by atoms with Crippen LogP contribution in [0.1, 0.15) is 11.1 Å².